The van der Waals surface area contributed by atoms with Crippen molar-refractivity contribution in [2.24, 2.45) is 0 Å². The summed E-state index contributed by atoms with van der Waals surface area (Å²) in [6, 6.07) is 5.93. The van der Waals surface area contributed by atoms with Crippen LogP contribution in [0.5, 0.6) is 23.0 Å². The Morgan fingerprint density at radius 2 is 1.64 bits per heavy atom. The molecule has 5 aliphatic rings. The standard InChI is InChI=1S/C31H36N2O12/c1-40-19-9-15-18(12-22(19)44-31-29(38)28(37)27(36)23(13-34)45-31)30(39)33(4-2-3-32-5-7-41-8-6-32)25-16-10-20-21(43-14-42-20)11-17(16)26(35)24(15)25/h9-12,23-25,27-29,31,34,36-38H,2-8,13-14H2,1H3/t23-,24?,25?,27+,28+,29-,31-/m1/s1. The van der Waals surface area contributed by atoms with Gasteiger partial charge in [-0.2, -0.15) is 0 Å². The molecule has 1 amide bonds. The molecule has 45 heavy (non-hydrogen) atoms. The van der Waals surface area contributed by atoms with Crippen LogP contribution in [0.15, 0.2) is 24.3 Å². The van der Waals surface area contributed by atoms with Crippen molar-refractivity contribution in [3.05, 3.63) is 46.5 Å². The second-order valence-corrected chi connectivity index (χ2v) is 11.8. The fourth-order valence-corrected chi connectivity index (χ4v) is 6.94. The summed E-state index contributed by atoms with van der Waals surface area (Å²) in [4.78, 5) is 32.4. The Morgan fingerprint density at radius 1 is 0.889 bits per heavy atom. The Balaban J connectivity index is 1.25. The first-order valence-electron chi connectivity index (χ1n) is 15.1. The third-order valence-corrected chi connectivity index (χ3v) is 9.29. The van der Waals surface area contributed by atoms with Crippen LogP contribution in [0.25, 0.3) is 0 Å². The molecule has 0 saturated carbocycles. The van der Waals surface area contributed by atoms with Crippen LogP contribution >= 0.6 is 0 Å². The maximum Gasteiger partial charge on any atom is 0.254 e. The molecule has 2 aromatic carbocycles. The molecule has 0 radical (unpaired) electrons. The number of ketones is 1. The molecule has 4 aliphatic heterocycles. The fourth-order valence-electron chi connectivity index (χ4n) is 6.94. The first kappa shape index (κ1) is 30.2. The van der Waals surface area contributed by atoms with Crippen LogP contribution in [0.2, 0.25) is 0 Å². The lowest BCUT2D eigenvalue weighted by Crippen LogP contribution is -2.60. The van der Waals surface area contributed by atoms with Crippen LogP contribution in [0.3, 0.4) is 0 Å². The van der Waals surface area contributed by atoms with Gasteiger partial charge in [-0.1, -0.05) is 0 Å². The number of aliphatic hydroxyl groups is 4. The van der Waals surface area contributed by atoms with Gasteiger partial charge in [0.1, 0.15) is 24.4 Å². The van der Waals surface area contributed by atoms with Gasteiger partial charge in [0.15, 0.2) is 28.8 Å². The van der Waals surface area contributed by atoms with Crippen LogP contribution < -0.4 is 18.9 Å². The predicted octanol–water partition coefficient (Wildman–Crippen LogP) is -0.198. The number of nitrogens with zero attached hydrogens (tertiary/aromatic N) is 2. The molecule has 7 rings (SSSR count). The number of fused-ring (bicyclic) bond motifs is 6. The summed E-state index contributed by atoms with van der Waals surface area (Å²) < 4.78 is 33.7. The van der Waals surface area contributed by atoms with Crippen molar-refractivity contribution in [3.63, 3.8) is 0 Å². The maximum absolute atomic E-state index is 14.3. The van der Waals surface area contributed by atoms with Gasteiger partial charge in [0.25, 0.3) is 5.91 Å². The molecule has 0 spiro atoms. The van der Waals surface area contributed by atoms with Crippen LogP contribution in [0.4, 0.5) is 0 Å². The number of amides is 1. The summed E-state index contributed by atoms with van der Waals surface area (Å²) in [6.07, 6.45) is -6.90. The largest absolute Gasteiger partial charge is 0.493 e. The van der Waals surface area contributed by atoms with Crippen LogP contribution in [0.1, 0.15) is 50.2 Å². The van der Waals surface area contributed by atoms with E-state index >= 15 is 0 Å². The predicted molar refractivity (Wildman–Crippen MR) is 153 cm³/mol. The lowest BCUT2D eigenvalue weighted by Gasteiger charge is -2.41. The summed E-state index contributed by atoms with van der Waals surface area (Å²) in [7, 11) is 1.40. The molecule has 7 atom stereocenters. The number of hydrogen-bond donors (Lipinski definition) is 4. The monoisotopic (exact) mass is 628 g/mol. The number of Topliss-reactive ketones (excluding diaryl/α,β-unsaturated/α-hetero) is 1. The highest BCUT2D eigenvalue weighted by atomic mass is 16.7. The summed E-state index contributed by atoms with van der Waals surface area (Å²) in [5.74, 6) is -0.0199. The molecule has 14 heteroatoms. The highest BCUT2D eigenvalue weighted by Gasteiger charge is 2.51. The topological polar surface area (TPSA) is 177 Å². The number of carbonyl (C=O) groups is 2. The lowest BCUT2D eigenvalue weighted by atomic mass is 9.82. The van der Waals surface area contributed by atoms with E-state index in [1.807, 2.05) is 0 Å². The van der Waals surface area contributed by atoms with E-state index in [9.17, 15) is 30.0 Å². The Labute approximate surface area is 258 Å². The van der Waals surface area contributed by atoms with Crippen molar-refractivity contribution >= 4 is 11.7 Å². The third-order valence-electron chi connectivity index (χ3n) is 9.29. The average molecular weight is 629 g/mol. The summed E-state index contributed by atoms with van der Waals surface area (Å²) >= 11 is 0. The minimum absolute atomic E-state index is 0.0179. The summed E-state index contributed by atoms with van der Waals surface area (Å²) in [5, 5.41) is 40.6. The number of aliphatic hydroxyl groups excluding tert-OH is 4. The summed E-state index contributed by atoms with van der Waals surface area (Å²) in [6.45, 7) is 3.51. The summed E-state index contributed by atoms with van der Waals surface area (Å²) in [5.41, 5.74) is 1.86. The van der Waals surface area contributed by atoms with E-state index in [-0.39, 0.29) is 35.5 Å². The van der Waals surface area contributed by atoms with Gasteiger partial charge in [-0.05, 0) is 41.8 Å². The van der Waals surface area contributed by atoms with E-state index in [1.165, 1.54) is 13.2 Å². The molecule has 4 heterocycles. The van der Waals surface area contributed by atoms with Gasteiger partial charge in [-0.25, -0.2) is 0 Å². The van der Waals surface area contributed by atoms with Crippen LogP contribution in [-0.4, -0.2) is 133 Å². The average Bonchev–Trinajstić information content (AvgIpc) is 3.63. The molecule has 0 aromatic heterocycles. The van der Waals surface area contributed by atoms with E-state index < -0.39 is 49.3 Å². The first-order valence-corrected chi connectivity index (χ1v) is 15.1. The minimum atomic E-state index is -1.67. The van der Waals surface area contributed by atoms with E-state index in [1.54, 1.807) is 23.1 Å². The molecule has 2 saturated heterocycles. The number of benzene rings is 2. The number of morpholine rings is 1. The zero-order chi connectivity index (χ0) is 31.4. The normalized spacial score (nSPS) is 30.6. The van der Waals surface area contributed by atoms with E-state index in [2.05, 4.69) is 4.90 Å². The second-order valence-electron chi connectivity index (χ2n) is 11.8. The van der Waals surface area contributed by atoms with Gasteiger partial charge >= 0.3 is 0 Å². The van der Waals surface area contributed by atoms with Crippen molar-refractivity contribution in [2.45, 2.75) is 49.1 Å². The number of carbonyl (C=O) groups excluding carboxylic acids is 2. The molecule has 1 aliphatic carbocycles. The molecular weight excluding hydrogens is 592 g/mol. The van der Waals surface area contributed by atoms with Crippen molar-refractivity contribution < 1.29 is 58.4 Å². The quantitative estimate of drug-likeness (QED) is 0.303. The number of methoxy groups -OCH3 is 1. The molecule has 2 unspecified atom stereocenters. The van der Waals surface area contributed by atoms with Crippen LogP contribution in [-0.2, 0) is 9.47 Å². The second kappa shape index (κ2) is 12.0. The Bertz CT molecular complexity index is 1480. The number of hydrogen-bond acceptors (Lipinski definition) is 13. The zero-order valence-corrected chi connectivity index (χ0v) is 24.7. The van der Waals surface area contributed by atoms with Gasteiger partial charge in [-0.3, -0.25) is 14.5 Å². The van der Waals surface area contributed by atoms with Gasteiger partial charge in [-0.15, -0.1) is 0 Å². The Morgan fingerprint density at radius 3 is 2.38 bits per heavy atom. The van der Waals surface area contributed by atoms with Gasteiger partial charge in [0.2, 0.25) is 13.1 Å². The highest BCUT2D eigenvalue weighted by molar-refractivity contribution is 6.11. The fraction of sp³-hybridized carbons (Fsp3) is 0.548. The SMILES string of the molecule is COc1cc2c(cc1O[C@@H]1O[C@H](CO)[C@H](O)[C@H](O)[C@H]1O)C(=O)N(CCCN1CCOCC1)C1c3cc4c(cc3C(=O)C21)OCO4. The van der Waals surface area contributed by atoms with Gasteiger partial charge < -0.3 is 53.7 Å². The van der Waals surface area contributed by atoms with Gasteiger partial charge in [0.05, 0.1) is 38.9 Å². The molecular formula is C31H36N2O12. The first-order chi connectivity index (χ1) is 21.8. The zero-order valence-electron chi connectivity index (χ0n) is 24.7. The Hall–Kier alpha value is -3.50. The number of rotatable bonds is 8. The highest BCUT2D eigenvalue weighted by Crippen LogP contribution is 2.54. The Kier molecular flexibility index (Phi) is 8.06. The van der Waals surface area contributed by atoms with Crippen molar-refractivity contribution in [1.29, 1.82) is 0 Å². The van der Waals surface area contributed by atoms with E-state index in [0.717, 1.165) is 19.6 Å². The minimum Gasteiger partial charge on any atom is -0.493 e. The molecule has 14 nitrogen and oxygen atoms in total. The maximum atomic E-state index is 14.3. The smallest absolute Gasteiger partial charge is 0.254 e. The molecule has 242 valence electrons. The van der Waals surface area contributed by atoms with Crippen molar-refractivity contribution in [2.75, 3.05) is 59.9 Å². The van der Waals surface area contributed by atoms with E-state index in [0.29, 0.717) is 54.4 Å². The van der Waals surface area contributed by atoms with Crippen molar-refractivity contribution in [3.8, 4) is 23.0 Å². The van der Waals surface area contributed by atoms with Crippen LogP contribution in [0, 0.1) is 0 Å². The third kappa shape index (κ3) is 5.10. The molecule has 2 fully saturated rings. The lowest BCUT2D eigenvalue weighted by molar-refractivity contribution is -0.277. The van der Waals surface area contributed by atoms with Crippen molar-refractivity contribution in [1.82, 2.24) is 9.80 Å². The molecule has 2 aromatic rings. The van der Waals surface area contributed by atoms with Gasteiger partial charge in [0, 0.05) is 37.3 Å². The molecule has 0 bridgehead atoms. The van der Waals surface area contributed by atoms with E-state index in [4.69, 9.17) is 28.4 Å². The number of ether oxygens (including phenoxy) is 6. The molecule has 4 N–H and O–H groups in total.